The third-order valence-electron chi connectivity index (χ3n) is 3.18. The van der Waals surface area contributed by atoms with E-state index in [2.05, 4.69) is 18.6 Å². The first-order valence-electron chi connectivity index (χ1n) is 7.03. The van der Waals surface area contributed by atoms with Crippen LogP contribution in [0.15, 0.2) is 18.2 Å². The summed E-state index contributed by atoms with van der Waals surface area (Å²) in [5, 5.41) is 0. The minimum absolute atomic E-state index is 0.191. The Kier molecular flexibility index (Phi) is 6.49. The second kappa shape index (κ2) is 7.64. The molecule has 1 N–H and O–H groups in total. The minimum atomic E-state index is -3.17. The van der Waals surface area contributed by atoms with Crippen LogP contribution in [-0.4, -0.2) is 21.3 Å². The van der Waals surface area contributed by atoms with E-state index in [9.17, 15) is 8.42 Å². The summed E-state index contributed by atoms with van der Waals surface area (Å²) in [6.45, 7) is 6.49. The van der Waals surface area contributed by atoms with Crippen molar-refractivity contribution >= 4 is 10.0 Å². The monoisotopic (exact) mass is 299 g/mol. The molecule has 1 rings (SSSR count). The topological polar surface area (TPSA) is 55.4 Å². The summed E-state index contributed by atoms with van der Waals surface area (Å²) >= 11 is 0. The average Bonchev–Trinajstić information content (AvgIpc) is 2.42. The van der Waals surface area contributed by atoms with Gasteiger partial charge in [-0.05, 0) is 29.5 Å². The highest BCUT2D eigenvalue weighted by atomic mass is 32.2. The first kappa shape index (κ1) is 17.0. The van der Waals surface area contributed by atoms with Gasteiger partial charge < -0.3 is 4.74 Å². The summed E-state index contributed by atoms with van der Waals surface area (Å²) in [4.78, 5) is 0. The van der Waals surface area contributed by atoms with E-state index in [4.69, 9.17) is 4.74 Å². The van der Waals surface area contributed by atoms with Crippen molar-refractivity contribution in [1.29, 1.82) is 0 Å². The van der Waals surface area contributed by atoms with Crippen molar-refractivity contribution in [2.24, 2.45) is 0 Å². The minimum Gasteiger partial charge on any atom is -0.496 e. The number of sulfonamides is 1. The molecule has 0 atom stereocenters. The molecule has 5 heteroatoms. The molecule has 20 heavy (non-hydrogen) atoms. The van der Waals surface area contributed by atoms with Crippen molar-refractivity contribution in [3.05, 3.63) is 29.3 Å². The average molecular weight is 299 g/mol. The van der Waals surface area contributed by atoms with Gasteiger partial charge in [0.15, 0.2) is 0 Å². The lowest BCUT2D eigenvalue weighted by atomic mass is 9.99. The molecule has 0 heterocycles. The zero-order chi connectivity index (χ0) is 15.2. The van der Waals surface area contributed by atoms with Gasteiger partial charge in [-0.25, -0.2) is 13.1 Å². The summed E-state index contributed by atoms with van der Waals surface area (Å²) in [6.07, 6.45) is 1.57. The number of hydrogen-bond acceptors (Lipinski definition) is 3. The van der Waals surface area contributed by atoms with E-state index in [1.54, 1.807) is 7.11 Å². The second-order valence-electron chi connectivity index (χ2n) is 5.22. The highest BCUT2D eigenvalue weighted by Crippen LogP contribution is 2.27. The molecule has 114 valence electrons. The van der Waals surface area contributed by atoms with E-state index in [0.717, 1.165) is 23.3 Å². The number of methoxy groups -OCH3 is 1. The Labute approximate surface area is 122 Å². The maximum absolute atomic E-state index is 11.8. The molecule has 0 aliphatic rings. The Morgan fingerprint density at radius 2 is 2.00 bits per heavy atom. The van der Waals surface area contributed by atoms with E-state index in [1.165, 1.54) is 0 Å². The van der Waals surface area contributed by atoms with E-state index < -0.39 is 10.0 Å². The lowest BCUT2D eigenvalue weighted by Gasteiger charge is -2.14. The Morgan fingerprint density at radius 1 is 1.30 bits per heavy atom. The highest BCUT2D eigenvalue weighted by molar-refractivity contribution is 7.89. The van der Waals surface area contributed by atoms with Crippen molar-refractivity contribution in [3.63, 3.8) is 0 Å². The molecule has 0 aliphatic heterocycles. The SMILES string of the molecule is CCCCS(=O)(=O)NCc1ccc(OC)c(C(C)C)c1. The van der Waals surface area contributed by atoms with Crippen LogP contribution >= 0.6 is 0 Å². The predicted octanol–water partition coefficient (Wildman–Crippen LogP) is 3.04. The van der Waals surface area contributed by atoms with Gasteiger partial charge in [0.05, 0.1) is 12.9 Å². The fraction of sp³-hybridized carbons (Fsp3) is 0.600. The van der Waals surface area contributed by atoms with E-state index in [1.807, 2.05) is 25.1 Å². The lowest BCUT2D eigenvalue weighted by Crippen LogP contribution is -2.25. The van der Waals surface area contributed by atoms with Crippen molar-refractivity contribution in [2.75, 3.05) is 12.9 Å². The molecule has 0 amide bonds. The van der Waals surface area contributed by atoms with Gasteiger partial charge in [0.25, 0.3) is 0 Å². The van der Waals surface area contributed by atoms with Crippen molar-refractivity contribution in [1.82, 2.24) is 4.72 Å². The molecule has 0 aliphatic carbocycles. The molecule has 0 aromatic heterocycles. The van der Waals surface area contributed by atoms with Crippen LogP contribution < -0.4 is 9.46 Å². The van der Waals surface area contributed by atoms with Crippen LogP contribution in [-0.2, 0) is 16.6 Å². The number of unbranched alkanes of at least 4 members (excludes halogenated alkanes) is 1. The normalized spacial score (nSPS) is 11.8. The van der Waals surface area contributed by atoms with Crippen LogP contribution in [0.1, 0.15) is 50.7 Å². The van der Waals surface area contributed by atoms with Gasteiger partial charge in [-0.15, -0.1) is 0 Å². The number of benzene rings is 1. The van der Waals surface area contributed by atoms with Gasteiger partial charge in [0.1, 0.15) is 5.75 Å². The summed E-state index contributed by atoms with van der Waals surface area (Å²) in [5.74, 6) is 1.37. The summed E-state index contributed by atoms with van der Waals surface area (Å²) in [6, 6.07) is 5.80. The van der Waals surface area contributed by atoms with Gasteiger partial charge in [-0.1, -0.05) is 39.3 Å². The molecule has 0 unspecified atom stereocenters. The van der Waals surface area contributed by atoms with Gasteiger partial charge in [-0.2, -0.15) is 0 Å². The molecular formula is C15H25NO3S. The molecule has 0 saturated heterocycles. The Morgan fingerprint density at radius 3 is 2.55 bits per heavy atom. The number of hydrogen-bond donors (Lipinski definition) is 1. The fourth-order valence-corrected chi connectivity index (χ4v) is 3.14. The Hall–Kier alpha value is -1.07. The number of ether oxygens (including phenoxy) is 1. The number of rotatable bonds is 8. The van der Waals surface area contributed by atoms with Crippen LogP contribution in [0, 0.1) is 0 Å². The van der Waals surface area contributed by atoms with Crippen LogP contribution in [0.4, 0.5) is 0 Å². The van der Waals surface area contributed by atoms with Gasteiger partial charge >= 0.3 is 0 Å². The van der Waals surface area contributed by atoms with Gasteiger partial charge in [0.2, 0.25) is 10.0 Å². The summed E-state index contributed by atoms with van der Waals surface area (Å²) in [5.41, 5.74) is 2.05. The third kappa shape index (κ3) is 5.13. The molecule has 1 aromatic carbocycles. The maximum Gasteiger partial charge on any atom is 0.211 e. The molecule has 1 aromatic rings. The summed E-state index contributed by atoms with van der Waals surface area (Å²) < 4.78 is 31.5. The van der Waals surface area contributed by atoms with Crippen molar-refractivity contribution < 1.29 is 13.2 Å². The number of nitrogens with one attached hydrogen (secondary N) is 1. The quantitative estimate of drug-likeness (QED) is 0.802. The maximum atomic E-state index is 11.8. The molecule has 0 bridgehead atoms. The smallest absolute Gasteiger partial charge is 0.211 e. The molecule has 0 fully saturated rings. The first-order chi connectivity index (χ1) is 9.39. The standard InChI is InChI=1S/C15H25NO3S/c1-5-6-9-20(17,18)16-11-13-7-8-15(19-4)14(10-13)12(2)3/h7-8,10,12,16H,5-6,9,11H2,1-4H3. The second-order valence-corrected chi connectivity index (χ2v) is 7.15. The molecular weight excluding hydrogens is 274 g/mol. The molecule has 0 radical (unpaired) electrons. The zero-order valence-electron chi connectivity index (χ0n) is 12.8. The van der Waals surface area contributed by atoms with Crippen LogP contribution in [0.25, 0.3) is 0 Å². The van der Waals surface area contributed by atoms with E-state index >= 15 is 0 Å². The Bertz CT molecular complexity index is 524. The largest absolute Gasteiger partial charge is 0.496 e. The molecule has 4 nitrogen and oxygen atoms in total. The first-order valence-corrected chi connectivity index (χ1v) is 8.69. The predicted molar refractivity (Wildman–Crippen MR) is 82.6 cm³/mol. The van der Waals surface area contributed by atoms with E-state index in [-0.39, 0.29) is 5.75 Å². The van der Waals surface area contributed by atoms with Crippen LogP contribution in [0.5, 0.6) is 5.75 Å². The van der Waals surface area contributed by atoms with Gasteiger partial charge in [0, 0.05) is 6.54 Å². The van der Waals surface area contributed by atoms with Crippen LogP contribution in [0.3, 0.4) is 0 Å². The highest BCUT2D eigenvalue weighted by Gasteiger charge is 2.11. The molecule has 0 saturated carbocycles. The van der Waals surface area contributed by atoms with Crippen molar-refractivity contribution in [3.8, 4) is 5.75 Å². The van der Waals surface area contributed by atoms with E-state index in [0.29, 0.717) is 18.9 Å². The third-order valence-corrected chi connectivity index (χ3v) is 4.59. The van der Waals surface area contributed by atoms with Crippen molar-refractivity contribution in [2.45, 2.75) is 46.1 Å². The Balaban J connectivity index is 2.76. The van der Waals surface area contributed by atoms with Gasteiger partial charge in [-0.3, -0.25) is 0 Å². The van der Waals surface area contributed by atoms with Crippen LogP contribution in [0.2, 0.25) is 0 Å². The zero-order valence-corrected chi connectivity index (χ0v) is 13.6. The fourth-order valence-electron chi connectivity index (χ4n) is 1.94. The summed E-state index contributed by atoms with van der Waals surface area (Å²) in [7, 11) is -1.52. The molecule has 0 spiro atoms. The lowest BCUT2D eigenvalue weighted by molar-refractivity contribution is 0.407.